The van der Waals surface area contributed by atoms with Crippen LogP contribution in [0, 0.1) is 0 Å². The summed E-state index contributed by atoms with van der Waals surface area (Å²) in [5.74, 6) is 0.554. The monoisotopic (exact) mass is 181 g/mol. The highest BCUT2D eigenvalue weighted by atomic mass is 35.5. The number of allylic oxidation sites excluding steroid dienone is 1. The van der Waals surface area contributed by atoms with E-state index in [0.717, 1.165) is 11.1 Å². The van der Waals surface area contributed by atoms with Crippen molar-refractivity contribution in [2.24, 2.45) is 5.73 Å². The molecule has 1 rings (SSSR count). The molecule has 1 nitrogen and oxygen atoms in total. The van der Waals surface area contributed by atoms with Gasteiger partial charge >= 0.3 is 0 Å². The van der Waals surface area contributed by atoms with E-state index in [4.69, 9.17) is 17.3 Å². The maximum atomic E-state index is 5.50. The van der Waals surface area contributed by atoms with Gasteiger partial charge in [-0.2, -0.15) is 0 Å². The third-order valence-corrected chi connectivity index (χ3v) is 1.79. The standard InChI is InChI=1S/C10H12ClN/c11-7-1-2-9-3-5-10(8-12)6-4-9/h1-6H,7-8,12H2. The van der Waals surface area contributed by atoms with Crippen LogP contribution in [0.4, 0.5) is 0 Å². The van der Waals surface area contributed by atoms with Crippen molar-refractivity contribution in [3.8, 4) is 0 Å². The van der Waals surface area contributed by atoms with Crippen molar-refractivity contribution in [1.29, 1.82) is 0 Å². The van der Waals surface area contributed by atoms with Crippen molar-refractivity contribution in [3.05, 3.63) is 41.5 Å². The van der Waals surface area contributed by atoms with Gasteiger partial charge in [-0.1, -0.05) is 36.4 Å². The van der Waals surface area contributed by atoms with E-state index < -0.39 is 0 Å². The molecule has 0 aliphatic rings. The zero-order valence-corrected chi connectivity index (χ0v) is 7.59. The Morgan fingerprint density at radius 1 is 1.25 bits per heavy atom. The van der Waals surface area contributed by atoms with Gasteiger partial charge in [0, 0.05) is 12.4 Å². The summed E-state index contributed by atoms with van der Waals surface area (Å²) in [6, 6.07) is 8.11. The molecule has 0 saturated heterocycles. The first kappa shape index (κ1) is 9.30. The van der Waals surface area contributed by atoms with Gasteiger partial charge in [0.1, 0.15) is 0 Å². The molecular formula is C10H12ClN. The van der Waals surface area contributed by atoms with E-state index >= 15 is 0 Å². The van der Waals surface area contributed by atoms with Crippen LogP contribution in [0.3, 0.4) is 0 Å². The molecule has 0 spiro atoms. The topological polar surface area (TPSA) is 26.0 Å². The van der Waals surface area contributed by atoms with Crippen LogP contribution in [0.5, 0.6) is 0 Å². The summed E-state index contributed by atoms with van der Waals surface area (Å²) in [5, 5.41) is 0. The van der Waals surface area contributed by atoms with Crippen LogP contribution in [0.15, 0.2) is 30.3 Å². The highest BCUT2D eigenvalue weighted by Gasteiger charge is 1.87. The van der Waals surface area contributed by atoms with Gasteiger partial charge in [0.2, 0.25) is 0 Å². The van der Waals surface area contributed by atoms with Crippen LogP contribution in [0.2, 0.25) is 0 Å². The van der Waals surface area contributed by atoms with Gasteiger partial charge in [0.05, 0.1) is 0 Å². The van der Waals surface area contributed by atoms with Crippen LogP contribution in [-0.2, 0) is 6.54 Å². The minimum Gasteiger partial charge on any atom is -0.326 e. The molecule has 0 saturated carbocycles. The molecule has 0 atom stereocenters. The lowest BCUT2D eigenvalue weighted by molar-refractivity contribution is 1.07. The van der Waals surface area contributed by atoms with Crippen molar-refractivity contribution in [2.45, 2.75) is 6.54 Å². The summed E-state index contributed by atoms with van der Waals surface area (Å²) >= 11 is 5.50. The summed E-state index contributed by atoms with van der Waals surface area (Å²) in [6.07, 6.45) is 3.91. The summed E-state index contributed by atoms with van der Waals surface area (Å²) in [4.78, 5) is 0. The number of benzene rings is 1. The van der Waals surface area contributed by atoms with E-state index in [-0.39, 0.29) is 0 Å². The van der Waals surface area contributed by atoms with E-state index in [0.29, 0.717) is 12.4 Å². The highest BCUT2D eigenvalue weighted by Crippen LogP contribution is 2.05. The second-order valence-electron chi connectivity index (χ2n) is 2.50. The zero-order chi connectivity index (χ0) is 8.81. The SMILES string of the molecule is NCc1ccc(C=CCCl)cc1. The molecular weight excluding hydrogens is 170 g/mol. The van der Waals surface area contributed by atoms with Crippen LogP contribution in [0.25, 0.3) is 6.08 Å². The maximum Gasteiger partial charge on any atom is 0.0407 e. The predicted octanol–water partition coefficient (Wildman–Crippen LogP) is 2.40. The molecule has 64 valence electrons. The summed E-state index contributed by atoms with van der Waals surface area (Å²) in [7, 11) is 0. The molecule has 0 amide bonds. The van der Waals surface area contributed by atoms with Gasteiger partial charge in [-0.05, 0) is 11.1 Å². The second kappa shape index (κ2) is 4.96. The van der Waals surface area contributed by atoms with Crippen LogP contribution >= 0.6 is 11.6 Å². The van der Waals surface area contributed by atoms with E-state index in [2.05, 4.69) is 0 Å². The lowest BCUT2D eigenvalue weighted by Crippen LogP contribution is -1.94. The fourth-order valence-corrected chi connectivity index (χ4v) is 1.03. The first-order chi connectivity index (χ1) is 5.86. The number of hydrogen-bond donors (Lipinski definition) is 1. The Bertz CT molecular complexity index is 251. The van der Waals surface area contributed by atoms with Gasteiger partial charge < -0.3 is 5.73 Å². The van der Waals surface area contributed by atoms with Gasteiger partial charge in [-0.25, -0.2) is 0 Å². The minimum absolute atomic E-state index is 0.554. The zero-order valence-electron chi connectivity index (χ0n) is 6.83. The van der Waals surface area contributed by atoms with Crippen molar-refractivity contribution < 1.29 is 0 Å². The molecule has 0 fully saturated rings. The average molecular weight is 182 g/mol. The summed E-state index contributed by atoms with van der Waals surface area (Å²) in [5.41, 5.74) is 7.77. The average Bonchev–Trinajstić information content (AvgIpc) is 2.15. The third-order valence-electron chi connectivity index (χ3n) is 1.61. The molecule has 2 heteroatoms. The Morgan fingerprint density at radius 3 is 2.42 bits per heavy atom. The molecule has 2 N–H and O–H groups in total. The molecule has 12 heavy (non-hydrogen) atoms. The van der Waals surface area contributed by atoms with Crippen molar-refractivity contribution in [2.75, 3.05) is 5.88 Å². The second-order valence-corrected chi connectivity index (χ2v) is 2.81. The van der Waals surface area contributed by atoms with E-state index in [1.165, 1.54) is 0 Å². The van der Waals surface area contributed by atoms with Crippen LogP contribution in [0.1, 0.15) is 11.1 Å². The fourth-order valence-electron chi connectivity index (χ4n) is 0.945. The van der Waals surface area contributed by atoms with E-state index in [9.17, 15) is 0 Å². The molecule has 0 aromatic heterocycles. The summed E-state index contributed by atoms with van der Waals surface area (Å²) < 4.78 is 0. The number of nitrogens with two attached hydrogens (primary N) is 1. The number of hydrogen-bond acceptors (Lipinski definition) is 1. The molecule has 0 unspecified atom stereocenters. The van der Waals surface area contributed by atoms with Crippen LogP contribution in [-0.4, -0.2) is 5.88 Å². The molecule has 1 aromatic carbocycles. The molecule has 0 radical (unpaired) electrons. The smallest absolute Gasteiger partial charge is 0.0407 e. The first-order valence-corrected chi connectivity index (χ1v) is 4.42. The number of alkyl halides is 1. The lowest BCUT2D eigenvalue weighted by Gasteiger charge is -1.96. The number of rotatable bonds is 3. The molecule has 1 aromatic rings. The van der Waals surface area contributed by atoms with Crippen molar-refractivity contribution in [3.63, 3.8) is 0 Å². The molecule has 0 aliphatic heterocycles. The van der Waals surface area contributed by atoms with Gasteiger partial charge in [-0.3, -0.25) is 0 Å². The largest absolute Gasteiger partial charge is 0.326 e. The third kappa shape index (κ3) is 2.68. The molecule has 0 bridgehead atoms. The normalized spacial score (nSPS) is 10.8. The minimum atomic E-state index is 0.554. The predicted molar refractivity (Wildman–Crippen MR) is 54.1 cm³/mol. The fraction of sp³-hybridized carbons (Fsp3) is 0.200. The molecule has 0 heterocycles. The molecule has 0 aliphatic carbocycles. The lowest BCUT2D eigenvalue weighted by atomic mass is 10.1. The van der Waals surface area contributed by atoms with Gasteiger partial charge in [0.15, 0.2) is 0 Å². The Hall–Kier alpha value is -0.790. The quantitative estimate of drug-likeness (QED) is 0.713. The van der Waals surface area contributed by atoms with Gasteiger partial charge in [-0.15, -0.1) is 11.6 Å². The first-order valence-electron chi connectivity index (χ1n) is 3.88. The van der Waals surface area contributed by atoms with Crippen molar-refractivity contribution in [1.82, 2.24) is 0 Å². The van der Waals surface area contributed by atoms with E-state index in [1.807, 2.05) is 36.4 Å². The summed E-state index contributed by atoms with van der Waals surface area (Å²) in [6.45, 7) is 0.597. The van der Waals surface area contributed by atoms with Gasteiger partial charge in [0.25, 0.3) is 0 Å². The van der Waals surface area contributed by atoms with Crippen molar-refractivity contribution >= 4 is 17.7 Å². The highest BCUT2D eigenvalue weighted by molar-refractivity contribution is 6.19. The number of halogens is 1. The Kier molecular flexibility index (Phi) is 3.85. The maximum absolute atomic E-state index is 5.50. The Morgan fingerprint density at radius 2 is 1.92 bits per heavy atom. The van der Waals surface area contributed by atoms with Crippen LogP contribution < -0.4 is 5.73 Å². The Labute approximate surface area is 77.8 Å². The van der Waals surface area contributed by atoms with E-state index in [1.54, 1.807) is 0 Å². The Balaban J connectivity index is 2.71.